The summed E-state index contributed by atoms with van der Waals surface area (Å²) in [5.41, 5.74) is 4.44. The van der Waals surface area contributed by atoms with Crippen LogP contribution in [0.15, 0.2) is 49.3 Å². The van der Waals surface area contributed by atoms with Gasteiger partial charge in [0.15, 0.2) is 5.82 Å². The van der Waals surface area contributed by atoms with E-state index in [9.17, 15) is 5.26 Å². The number of aromatic nitrogens is 5. The Morgan fingerprint density at radius 3 is 2.00 bits per heavy atom. The van der Waals surface area contributed by atoms with Crippen molar-refractivity contribution in [1.29, 1.82) is 5.26 Å². The smallest absolute Gasteiger partial charge is 0.173 e. The summed E-state index contributed by atoms with van der Waals surface area (Å²) < 4.78 is 0. The quantitative estimate of drug-likeness (QED) is 0.497. The van der Waals surface area contributed by atoms with Crippen LogP contribution in [0, 0.1) is 11.3 Å². The van der Waals surface area contributed by atoms with Crippen molar-refractivity contribution in [3.63, 3.8) is 0 Å². The molecule has 3 aromatic rings. The number of nitrogens with zero attached hydrogens (tertiary/aromatic N) is 6. The van der Waals surface area contributed by atoms with Crippen LogP contribution in [0.5, 0.6) is 0 Å². The molecule has 4 rings (SSSR count). The predicted molar refractivity (Wildman–Crippen MR) is 78.8 cm³/mol. The van der Waals surface area contributed by atoms with Gasteiger partial charge in [0.25, 0.3) is 0 Å². The highest BCUT2D eigenvalue weighted by Crippen LogP contribution is 2.44. The fraction of sp³-hybridized carbons (Fsp3) is 0. The second-order valence-corrected chi connectivity index (χ2v) is 4.62. The lowest BCUT2D eigenvalue weighted by atomic mass is 9.99. The van der Waals surface area contributed by atoms with Crippen molar-refractivity contribution in [3.05, 3.63) is 66.3 Å². The van der Waals surface area contributed by atoms with Gasteiger partial charge in [-0.05, 0) is 12.1 Å². The maximum Gasteiger partial charge on any atom is 0.173 e. The van der Waals surface area contributed by atoms with E-state index in [1.165, 1.54) is 12.7 Å². The third-order valence-corrected chi connectivity index (χ3v) is 3.46. The second-order valence-electron chi connectivity index (χ2n) is 4.62. The van der Waals surface area contributed by atoms with Crippen molar-refractivity contribution >= 4 is 11.1 Å². The van der Waals surface area contributed by atoms with Crippen LogP contribution in [-0.2, 0) is 0 Å². The lowest BCUT2D eigenvalue weighted by Crippen LogP contribution is -1.96. The molecule has 102 valence electrons. The van der Waals surface area contributed by atoms with Crippen molar-refractivity contribution in [1.82, 2.24) is 24.9 Å². The van der Waals surface area contributed by atoms with Crippen LogP contribution in [-0.4, -0.2) is 24.9 Å². The number of nitriles is 1. The highest BCUT2D eigenvalue weighted by atomic mass is 15.0. The molecule has 0 spiro atoms. The maximum absolute atomic E-state index is 9.64. The third kappa shape index (κ3) is 1.70. The van der Waals surface area contributed by atoms with Gasteiger partial charge in [-0.25, -0.2) is 15.0 Å². The fourth-order valence-corrected chi connectivity index (χ4v) is 2.59. The first kappa shape index (κ1) is 12.3. The molecule has 0 bridgehead atoms. The topological polar surface area (TPSA) is 88.2 Å². The minimum Gasteiger partial charge on any atom is -0.254 e. The number of hydrogen-bond acceptors (Lipinski definition) is 6. The molecule has 0 N–H and O–H groups in total. The predicted octanol–water partition coefficient (Wildman–Crippen LogP) is 2.12. The summed E-state index contributed by atoms with van der Waals surface area (Å²) in [6, 6.07) is 9.75. The highest BCUT2D eigenvalue weighted by molar-refractivity contribution is 6.10. The molecule has 0 saturated carbocycles. The summed E-state index contributed by atoms with van der Waals surface area (Å²) in [6.45, 7) is 0. The van der Waals surface area contributed by atoms with Gasteiger partial charge in [0, 0.05) is 29.1 Å². The van der Waals surface area contributed by atoms with E-state index in [1.807, 2.05) is 24.3 Å². The van der Waals surface area contributed by atoms with E-state index in [1.54, 1.807) is 12.4 Å². The summed E-state index contributed by atoms with van der Waals surface area (Å²) in [5.74, 6) is 0.346. The van der Waals surface area contributed by atoms with Crippen LogP contribution in [0.4, 0.5) is 0 Å². The molecule has 22 heavy (non-hydrogen) atoms. The number of fused-ring (bicyclic) bond motifs is 3. The maximum atomic E-state index is 9.64. The van der Waals surface area contributed by atoms with Gasteiger partial charge in [-0.2, -0.15) is 5.26 Å². The summed E-state index contributed by atoms with van der Waals surface area (Å²) >= 11 is 0. The molecule has 3 aromatic heterocycles. The minimum atomic E-state index is 0.346. The summed E-state index contributed by atoms with van der Waals surface area (Å²) in [7, 11) is 0. The van der Waals surface area contributed by atoms with Gasteiger partial charge in [0.2, 0.25) is 0 Å². The molecule has 3 heterocycles. The van der Waals surface area contributed by atoms with Crippen LogP contribution in [0.3, 0.4) is 0 Å². The van der Waals surface area contributed by atoms with Crippen LogP contribution < -0.4 is 0 Å². The Labute approximate surface area is 125 Å². The van der Waals surface area contributed by atoms with Crippen molar-refractivity contribution in [2.24, 2.45) is 0 Å². The largest absolute Gasteiger partial charge is 0.254 e. The van der Waals surface area contributed by atoms with Crippen LogP contribution in [0.2, 0.25) is 0 Å². The average Bonchev–Trinajstić information content (AvgIpc) is 2.92. The standard InChI is InChI=1S/C16H8N6/c17-7-12(16-21-8-18-9-22-16)13-10-3-1-5-19-14(10)15-11(13)4-2-6-20-15/h1-6,8-9H. The van der Waals surface area contributed by atoms with E-state index in [0.717, 1.165) is 28.1 Å². The van der Waals surface area contributed by atoms with E-state index in [4.69, 9.17) is 0 Å². The van der Waals surface area contributed by atoms with Crippen molar-refractivity contribution in [2.75, 3.05) is 0 Å². The molecule has 1 aliphatic carbocycles. The molecule has 0 atom stereocenters. The minimum absolute atomic E-state index is 0.346. The number of allylic oxidation sites excluding steroid dienone is 1. The zero-order valence-electron chi connectivity index (χ0n) is 11.3. The summed E-state index contributed by atoms with van der Waals surface area (Å²) in [4.78, 5) is 20.8. The van der Waals surface area contributed by atoms with Crippen LogP contribution >= 0.6 is 0 Å². The summed E-state index contributed by atoms with van der Waals surface area (Å²) in [5, 5.41) is 9.64. The SMILES string of the molecule is N#CC(=C1c2cccnc2-c2ncccc21)c1ncncn1. The number of pyridine rings is 2. The molecule has 0 unspecified atom stereocenters. The van der Waals surface area contributed by atoms with Gasteiger partial charge < -0.3 is 0 Å². The van der Waals surface area contributed by atoms with Gasteiger partial charge in [0.1, 0.15) is 24.3 Å². The Balaban J connectivity index is 2.11. The number of rotatable bonds is 1. The van der Waals surface area contributed by atoms with E-state index >= 15 is 0 Å². The first-order valence-electron chi connectivity index (χ1n) is 6.58. The Bertz CT molecular complexity index is 893. The van der Waals surface area contributed by atoms with Crippen LogP contribution in [0.1, 0.15) is 17.0 Å². The van der Waals surface area contributed by atoms with Gasteiger partial charge in [-0.15, -0.1) is 0 Å². The summed E-state index contributed by atoms with van der Waals surface area (Å²) in [6.07, 6.45) is 6.19. The van der Waals surface area contributed by atoms with Gasteiger partial charge >= 0.3 is 0 Å². The first-order chi connectivity index (χ1) is 10.9. The van der Waals surface area contributed by atoms with Gasteiger partial charge in [-0.3, -0.25) is 9.97 Å². The zero-order chi connectivity index (χ0) is 14.9. The van der Waals surface area contributed by atoms with Gasteiger partial charge in [-0.1, -0.05) is 12.1 Å². The average molecular weight is 284 g/mol. The third-order valence-electron chi connectivity index (χ3n) is 3.46. The fourth-order valence-electron chi connectivity index (χ4n) is 2.59. The molecule has 0 aromatic carbocycles. The monoisotopic (exact) mass is 284 g/mol. The highest BCUT2D eigenvalue weighted by Gasteiger charge is 2.29. The van der Waals surface area contributed by atoms with E-state index < -0.39 is 0 Å². The number of hydrogen-bond donors (Lipinski definition) is 0. The van der Waals surface area contributed by atoms with Crippen LogP contribution in [0.25, 0.3) is 22.5 Å². The molecular weight excluding hydrogens is 276 g/mol. The van der Waals surface area contributed by atoms with Crippen molar-refractivity contribution < 1.29 is 0 Å². The molecule has 6 nitrogen and oxygen atoms in total. The first-order valence-corrected chi connectivity index (χ1v) is 6.58. The Hall–Kier alpha value is -3.46. The van der Waals surface area contributed by atoms with E-state index in [-0.39, 0.29) is 0 Å². The zero-order valence-corrected chi connectivity index (χ0v) is 11.3. The lowest BCUT2D eigenvalue weighted by molar-refractivity contribution is 1.02. The molecule has 0 aliphatic heterocycles. The molecule has 0 fully saturated rings. The van der Waals surface area contributed by atoms with Gasteiger partial charge in [0.05, 0.1) is 11.4 Å². The molecule has 0 amide bonds. The normalized spacial score (nSPS) is 11.5. The van der Waals surface area contributed by atoms with Crippen molar-refractivity contribution in [3.8, 4) is 17.5 Å². The Kier molecular flexibility index (Phi) is 2.70. The van der Waals surface area contributed by atoms with E-state index in [0.29, 0.717) is 11.4 Å². The van der Waals surface area contributed by atoms with E-state index in [2.05, 4.69) is 31.0 Å². The Morgan fingerprint density at radius 2 is 1.45 bits per heavy atom. The van der Waals surface area contributed by atoms with Crippen molar-refractivity contribution in [2.45, 2.75) is 0 Å². The molecule has 0 radical (unpaired) electrons. The second kappa shape index (κ2) is 4.82. The molecular formula is C16H8N6. The lowest BCUT2D eigenvalue weighted by Gasteiger charge is -2.05. The molecule has 1 aliphatic rings. The molecule has 0 saturated heterocycles. The Morgan fingerprint density at radius 1 is 0.864 bits per heavy atom. The molecule has 6 heteroatoms.